The zero-order valence-electron chi connectivity index (χ0n) is 15.7. The Bertz CT molecular complexity index is 872. The van der Waals surface area contributed by atoms with Crippen LogP contribution in [-0.4, -0.2) is 41.1 Å². The van der Waals surface area contributed by atoms with Gasteiger partial charge in [-0.05, 0) is 44.5 Å². The van der Waals surface area contributed by atoms with Crippen LogP contribution in [0.4, 0.5) is 11.4 Å². The number of nitrogens with zero attached hydrogens (tertiary/aromatic N) is 1. The summed E-state index contributed by atoms with van der Waals surface area (Å²) in [6.45, 7) is 11.2. The number of rotatable bonds is 5. The second kappa shape index (κ2) is 7.68. The number of sulfonamides is 1. The van der Waals surface area contributed by atoms with Gasteiger partial charge >= 0.3 is 0 Å². The van der Waals surface area contributed by atoms with Crippen LogP contribution >= 0.6 is 0 Å². The van der Waals surface area contributed by atoms with Crippen LogP contribution in [0, 0.1) is 13.8 Å². The first-order valence-electron chi connectivity index (χ1n) is 9.18. The molecule has 5 nitrogen and oxygen atoms in total. The summed E-state index contributed by atoms with van der Waals surface area (Å²) in [4.78, 5) is 4.20. The largest absolute Gasteiger partial charge is 0.359 e. The Balaban J connectivity index is 1.86. The molecule has 2 aromatic carbocycles. The molecule has 140 valence electrons. The van der Waals surface area contributed by atoms with E-state index in [1.165, 1.54) is 0 Å². The molecule has 0 radical (unpaired) electrons. The van der Waals surface area contributed by atoms with Gasteiger partial charge in [-0.1, -0.05) is 29.8 Å². The van der Waals surface area contributed by atoms with Gasteiger partial charge in [-0.2, -0.15) is 0 Å². The molecule has 1 saturated heterocycles. The molecule has 1 aliphatic rings. The summed E-state index contributed by atoms with van der Waals surface area (Å²) < 4.78 is 28.7. The van der Waals surface area contributed by atoms with Gasteiger partial charge in [0.15, 0.2) is 0 Å². The Morgan fingerprint density at radius 2 is 1.77 bits per heavy atom. The molecular formula is C20H28N3O2S+. The molecule has 0 saturated carbocycles. The lowest BCUT2D eigenvalue weighted by Crippen LogP contribution is -3.14. The number of hydrogen-bond donors (Lipinski definition) is 2. The number of piperazine rings is 1. The smallest absolute Gasteiger partial charge is 0.262 e. The molecule has 1 heterocycles. The highest BCUT2D eigenvalue weighted by molar-refractivity contribution is 7.92. The van der Waals surface area contributed by atoms with Crippen LogP contribution in [0.2, 0.25) is 0 Å². The summed E-state index contributed by atoms with van der Waals surface area (Å²) in [7, 11) is -3.62. The molecule has 26 heavy (non-hydrogen) atoms. The van der Waals surface area contributed by atoms with Crippen LogP contribution < -0.4 is 14.5 Å². The fraction of sp³-hybridized carbons (Fsp3) is 0.400. The lowest BCUT2D eigenvalue weighted by Gasteiger charge is -2.34. The Morgan fingerprint density at radius 3 is 2.42 bits per heavy atom. The van der Waals surface area contributed by atoms with Gasteiger partial charge in [-0.15, -0.1) is 0 Å². The summed E-state index contributed by atoms with van der Waals surface area (Å²) in [6.07, 6.45) is 0. The van der Waals surface area contributed by atoms with E-state index in [0.717, 1.165) is 49.5 Å². The molecule has 0 spiro atoms. The first-order chi connectivity index (χ1) is 12.4. The van der Waals surface area contributed by atoms with E-state index in [1.807, 2.05) is 50.2 Å². The zero-order chi connectivity index (χ0) is 18.7. The number of aryl methyl sites for hydroxylation is 2. The second-order valence-corrected chi connectivity index (χ2v) is 8.63. The minimum Gasteiger partial charge on any atom is -0.359 e. The van der Waals surface area contributed by atoms with E-state index in [9.17, 15) is 8.42 Å². The van der Waals surface area contributed by atoms with E-state index < -0.39 is 10.0 Å². The van der Waals surface area contributed by atoms with E-state index in [-0.39, 0.29) is 0 Å². The maximum absolute atomic E-state index is 12.9. The number of anilines is 2. The van der Waals surface area contributed by atoms with Crippen LogP contribution in [0.3, 0.4) is 0 Å². The van der Waals surface area contributed by atoms with Crippen molar-refractivity contribution >= 4 is 21.4 Å². The van der Waals surface area contributed by atoms with Gasteiger partial charge in [0.25, 0.3) is 10.0 Å². The van der Waals surface area contributed by atoms with Crippen LogP contribution in [0.15, 0.2) is 47.4 Å². The highest BCUT2D eigenvalue weighted by Gasteiger charge is 2.23. The molecule has 0 bridgehead atoms. The molecule has 3 rings (SSSR count). The molecule has 0 atom stereocenters. The van der Waals surface area contributed by atoms with Gasteiger partial charge in [-0.3, -0.25) is 4.72 Å². The molecule has 0 aromatic heterocycles. The molecule has 6 heteroatoms. The van der Waals surface area contributed by atoms with Crippen molar-refractivity contribution in [1.29, 1.82) is 0 Å². The third-order valence-corrected chi connectivity index (χ3v) is 6.61. The lowest BCUT2D eigenvalue weighted by molar-refractivity contribution is -0.898. The number of hydrogen-bond acceptors (Lipinski definition) is 3. The van der Waals surface area contributed by atoms with Gasteiger partial charge in [0.1, 0.15) is 0 Å². The maximum Gasteiger partial charge on any atom is 0.262 e. The van der Waals surface area contributed by atoms with E-state index in [4.69, 9.17) is 0 Å². The predicted octanol–water partition coefficient (Wildman–Crippen LogP) is 1.83. The topological polar surface area (TPSA) is 53.9 Å². The van der Waals surface area contributed by atoms with Gasteiger partial charge in [0.05, 0.1) is 49.0 Å². The molecule has 0 aliphatic carbocycles. The van der Waals surface area contributed by atoms with E-state index >= 15 is 0 Å². The molecule has 1 aliphatic heterocycles. The zero-order valence-corrected chi connectivity index (χ0v) is 16.6. The van der Waals surface area contributed by atoms with Crippen molar-refractivity contribution in [3.8, 4) is 0 Å². The van der Waals surface area contributed by atoms with E-state index in [2.05, 4.69) is 16.5 Å². The Labute approximate surface area is 156 Å². The van der Waals surface area contributed by atoms with Crippen LogP contribution in [0.5, 0.6) is 0 Å². The minimum atomic E-state index is -3.62. The predicted molar refractivity (Wildman–Crippen MR) is 107 cm³/mol. The first-order valence-corrected chi connectivity index (χ1v) is 10.7. The van der Waals surface area contributed by atoms with Gasteiger partial charge in [0.2, 0.25) is 0 Å². The molecule has 2 aromatic rings. The average molecular weight is 375 g/mol. The summed E-state index contributed by atoms with van der Waals surface area (Å²) >= 11 is 0. The second-order valence-electron chi connectivity index (χ2n) is 6.98. The Morgan fingerprint density at radius 1 is 1.08 bits per heavy atom. The summed E-state index contributed by atoms with van der Waals surface area (Å²) in [5, 5.41) is 0. The molecule has 0 amide bonds. The van der Waals surface area contributed by atoms with Gasteiger partial charge in [0, 0.05) is 0 Å². The van der Waals surface area contributed by atoms with Crippen LogP contribution in [0.25, 0.3) is 0 Å². The molecular weight excluding hydrogens is 346 g/mol. The highest BCUT2D eigenvalue weighted by atomic mass is 32.2. The SMILES string of the molecule is CC[NH+]1CCN(c2ccccc2NS(=O)(=O)c2ccc(C)cc2C)CC1. The normalized spacial score (nSPS) is 15.9. The Hall–Kier alpha value is -2.05. The van der Waals surface area contributed by atoms with Crippen molar-refractivity contribution in [1.82, 2.24) is 0 Å². The summed E-state index contributed by atoms with van der Waals surface area (Å²) in [5.74, 6) is 0. The fourth-order valence-corrected chi connectivity index (χ4v) is 4.86. The molecule has 2 N–H and O–H groups in total. The van der Waals surface area contributed by atoms with Crippen LogP contribution in [0.1, 0.15) is 18.1 Å². The number of likely N-dealkylation sites (N-methyl/N-ethyl adjacent to an activating group) is 1. The monoisotopic (exact) mass is 374 g/mol. The quantitative estimate of drug-likeness (QED) is 0.840. The summed E-state index contributed by atoms with van der Waals surface area (Å²) in [6, 6.07) is 13.1. The van der Waals surface area contributed by atoms with Crippen molar-refractivity contribution in [2.75, 3.05) is 42.3 Å². The van der Waals surface area contributed by atoms with E-state index in [0.29, 0.717) is 10.6 Å². The highest BCUT2D eigenvalue weighted by Crippen LogP contribution is 2.29. The average Bonchev–Trinajstić information content (AvgIpc) is 2.61. The summed E-state index contributed by atoms with van der Waals surface area (Å²) in [5.41, 5.74) is 3.41. The van der Waals surface area contributed by atoms with Crippen molar-refractivity contribution < 1.29 is 13.3 Å². The van der Waals surface area contributed by atoms with Crippen molar-refractivity contribution in [3.63, 3.8) is 0 Å². The third-order valence-electron chi connectivity index (χ3n) is 5.08. The number of benzene rings is 2. The molecule has 0 unspecified atom stereocenters. The third kappa shape index (κ3) is 4.02. The van der Waals surface area contributed by atoms with Gasteiger partial charge < -0.3 is 9.80 Å². The van der Waals surface area contributed by atoms with Crippen molar-refractivity contribution in [2.24, 2.45) is 0 Å². The Kier molecular flexibility index (Phi) is 5.53. The first kappa shape index (κ1) is 18.7. The van der Waals surface area contributed by atoms with Crippen molar-refractivity contribution in [3.05, 3.63) is 53.6 Å². The maximum atomic E-state index is 12.9. The van der Waals surface area contributed by atoms with Crippen molar-refractivity contribution in [2.45, 2.75) is 25.7 Å². The van der Waals surface area contributed by atoms with Crippen LogP contribution in [-0.2, 0) is 10.0 Å². The van der Waals surface area contributed by atoms with Gasteiger partial charge in [-0.25, -0.2) is 8.42 Å². The number of quaternary nitrogens is 1. The number of nitrogens with one attached hydrogen (secondary N) is 2. The molecule has 1 fully saturated rings. The fourth-order valence-electron chi connectivity index (χ4n) is 3.55. The minimum absolute atomic E-state index is 0.332. The van der Waals surface area contributed by atoms with E-state index in [1.54, 1.807) is 11.0 Å². The number of para-hydroxylation sites is 2. The standard InChI is InChI=1S/C20H27N3O2S/c1-4-22-11-13-23(14-12-22)19-8-6-5-7-18(19)21-26(24,25)20-10-9-16(2)15-17(20)3/h5-10,15,21H,4,11-14H2,1-3H3/p+1. The lowest BCUT2D eigenvalue weighted by atomic mass is 10.2.